The predicted octanol–water partition coefficient (Wildman–Crippen LogP) is 2.13. The number of hydrogen-bond donors (Lipinski definition) is 1. The van der Waals surface area contributed by atoms with E-state index in [-0.39, 0.29) is 15.7 Å². The van der Waals surface area contributed by atoms with Crippen molar-refractivity contribution < 1.29 is 17.6 Å². The quantitative estimate of drug-likeness (QED) is 0.831. The lowest BCUT2D eigenvalue weighted by Gasteiger charge is -2.16. The Morgan fingerprint density at radius 3 is 2.70 bits per heavy atom. The molecule has 0 atom stereocenters. The van der Waals surface area contributed by atoms with Crippen molar-refractivity contribution in [2.24, 2.45) is 0 Å². The van der Waals surface area contributed by atoms with Crippen LogP contribution in [-0.4, -0.2) is 37.2 Å². The van der Waals surface area contributed by atoms with Crippen LogP contribution in [0, 0.1) is 5.82 Å². The summed E-state index contributed by atoms with van der Waals surface area (Å²) in [7, 11) is -2.61. The number of nitrogens with zero attached hydrogens (tertiary/aromatic N) is 2. The minimum absolute atomic E-state index is 0.0806. The number of pyridine rings is 1. The van der Waals surface area contributed by atoms with Crippen molar-refractivity contribution in [3.63, 3.8) is 0 Å². The number of aromatic nitrogens is 1. The third kappa shape index (κ3) is 4.47. The zero-order valence-corrected chi connectivity index (χ0v) is 13.6. The lowest BCUT2D eigenvalue weighted by atomic mass is 10.3. The SMILES string of the molecule is CN(CC(=O)Nc1cccc(F)c1)S(=O)(=O)c1ccc(Cl)nc1. The molecule has 6 nitrogen and oxygen atoms in total. The molecular weight excluding hydrogens is 345 g/mol. The van der Waals surface area contributed by atoms with Crippen LogP contribution in [0.1, 0.15) is 0 Å². The molecule has 1 amide bonds. The molecule has 2 aromatic rings. The van der Waals surface area contributed by atoms with E-state index in [9.17, 15) is 17.6 Å². The van der Waals surface area contributed by atoms with E-state index in [0.717, 1.165) is 16.6 Å². The first kappa shape index (κ1) is 17.3. The number of likely N-dealkylation sites (N-methyl/N-ethyl adjacent to an activating group) is 1. The molecule has 1 aromatic carbocycles. The molecule has 0 aliphatic rings. The van der Waals surface area contributed by atoms with Crippen molar-refractivity contribution in [2.75, 3.05) is 18.9 Å². The van der Waals surface area contributed by atoms with Crippen LogP contribution in [0.3, 0.4) is 0 Å². The van der Waals surface area contributed by atoms with Gasteiger partial charge in [0.25, 0.3) is 0 Å². The molecule has 1 N–H and O–H groups in total. The molecule has 0 fully saturated rings. The van der Waals surface area contributed by atoms with Crippen LogP contribution in [0.4, 0.5) is 10.1 Å². The topological polar surface area (TPSA) is 79.4 Å². The minimum Gasteiger partial charge on any atom is -0.325 e. The molecule has 0 bridgehead atoms. The van der Waals surface area contributed by atoms with Gasteiger partial charge in [-0.15, -0.1) is 0 Å². The van der Waals surface area contributed by atoms with E-state index in [2.05, 4.69) is 10.3 Å². The Morgan fingerprint density at radius 2 is 2.09 bits per heavy atom. The monoisotopic (exact) mass is 357 g/mol. The van der Waals surface area contributed by atoms with Gasteiger partial charge >= 0.3 is 0 Å². The second kappa shape index (κ2) is 7.03. The van der Waals surface area contributed by atoms with Crippen molar-refractivity contribution in [3.05, 3.63) is 53.6 Å². The maximum Gasteiger partial charge on any atom is 0.244 e. The van der Waals surface area contributed by atoms with Crippen molar-refractivity contribution in [2.45, 2.75) is 4.90 Å². The fourth-order valence-electron chi connectivity index (χ4n) is 1.75. The highest BCUT2D eigenvalue weighted by molar-refractivity contribution is 7.89. The van der Waals surface area contributed by atoms with Crippen LogP contribution in [0.5, 0.6) is 0 Å². The highest BCUT2D eigenvalue weighted by atomic mass is 35.5. The van der Waals surface area contributed by atoms with Crippen LogP contribution in [-0.2, 0) is 14.8 Å². The maximum absolute atomic E-state index is 13.0. The first-order valence-electron chi connectivity index (χ1n) is 6.42. The molecule has 0 spiro atoms. The van der Waals surface area contributed by atoms with Crippen LogP contribution >= 0.6 is 11.6 Å². The summed E-state index contributed by atoms with van der Waals surface area (Å²) in [5.74, 6) is -1.10. The molecule has 0 aliphatic carbocycles. The van der Waals surface area contributed by atoms with Crippen molar-refractivity contribution in [1.82, 2.24) is 9.29 Å². The number of nitrogens with one attached hydrogen (secondary N) is 1. The van der Waals surface area contributed by atoms with Gasteiger partial charge in [0.2, 0.25) is 15.9 Å². The summed E-state index contributed by atoms with van der Waals surface area (Å²) in [6, 6.07) is 7.94. The van der Waals surface area contributed by atoms with Gasteiger partial charge in [-0.25, -0.2) is 17.8 Å². The number of carbonyl (C=O) groups excluding carboxylic acids is 1. The summed E-state index contributed by atoms with van der Waals surface area (Å²) >= 11 is 5.61. The number of anilines is 1. The molecule has 0 saturated heterocycles. The maximum atomic E-state index is 13.0. The van der Waals surface area contributed by atoms with Gasteiger partial charge in [-0.2, -0.15) is 4.31 Å². The summed E-state index contributed by atoms with van der Waals surface area (Å²) < 4.78 is 38.5. The normalized spacial score (nSPS) is 11.5. The molecule has 2 rings (SSSR count). The van der Waals surface area contributed by atoms with Crippen molar-refractivity contribution >= 4 is 33.2 Å². The van der Waals surface area contributed by atoms with E-state index >= 15 is 0 Å². The summed E-state index contributed by atoms with van der Waals surface area (Å²) in [6.07, 6.45) is 1.11. The van der Waals surface area contributed by atoms with E-state index in [1.807, 2.05) is 0 Å². The number of amides is 1. The molecule has 1 heterocycles. The van der Waals surface area contributed by atoms with Gasteiger partial charge in [0.1, 0.15) is 15.9 Å². The fourth-order valence-corrected chi connectivity index (χ4v) is 2.93. The standard InChI is InChI=1S/C14H13ClFN3O3S/c1-19(23(21,22)12-5-6-13(15)17-8-12)9-14(20)18-11-4-2-3-10(16)7-11/h2-8H,9H2,1H3,(H,18,20). The summed E-state index contributed by atoms with van der Waals surface area (Å²) in [6.45, 7) is -0.429. The van der Waals surface area contributed by atoms with Gasteiger partial charge in [-0.1, -0.05) is 17.7 Å². The first-order chi connectivity index (χ1) is 10.8. The van der Waals surface area contributed by atoms with Gasteiger partial charge in [0, 0.05) is 18.9 Å². The predicted molar refractivity (Wildman–Crippen MR) is 84.1 cm³/mol. The van der Waals surface area contributed by atoms with E-state index in [0.29, 0.717) is 0 Å². The average molecular weight is 358 g/mol. The second-order valence-electron chi connectivity index (χ2n) is 4.64. The number of halogens is 2. The van der Waals surface area contributed by atoms with Crippen LogP contribution in [0.15, 0.2) is 47.5 Å². The highest BCUT2D eigenvalue weighted by Gasteiger charge is 2.23. The fraction of sp³-hybridized carbons (Fsp3) is 0.143. The average Bonchev–Trinajstić information content (AvgIpc) is 2.47. The molecule has 1 aromatic heterocycles. The summed E-state index contributed by atoms with van der Waals surface area (Å²) in [5.41, 5.74) is 0.244. The Bertz CT molecular complexity index is 812. The number of benzene rings is 1. The zero-order chi connectivity index (χ0) is 17.0. The molecule has 0 unspecified atom stereocenters. The second-order valence-corrected chi connectivity index (χ2v) is 7.07. The largest absolute Gasteiger partial charge is 0.325 e. The van der Waals surface area contributed by atoms with Crippen LogP contribution in [0.25, 0.3) is 0 Å². The number of carbonyl (C=O) groups is 1. The number of hydrogen-bond acceptors (Lipinski definition) is 4. The molecule has 122 valence electrons. The molecule has 0 radical (unpaired) electrons. The molecule has 9 heteroatoms. The Hall–Kier alpha value is -2.03. The van der Waals surface area contributed by atoms with Crippen LogP contribution in [0.2, 0.25) is 5.15 Å². The lowest BCUT2D eigenvalue weighted by molar-refractivity contribution is -0.116. The number of rotatable bonds is 5. The third-order valence-corrected chi connectivity index (χ3v) is 4.89. The van der Waals surface area contributed by atoms with Gasteiger partial charge in [0.15, 0.2) is 0 Å². The Balaban J connectivity index is 2.06. The molecule has 0 aliphatic heterocycles. The Morgan fingerprint density at radius 1 is 1.35 bits per heavy atom. The van der Waals surface area contributed by atoms with Gasteiger partial charge < -0.3 is 5.32 Å². The third-order valence-electron chi connectivity index (χ3n) is 2.88. The molecule has 23 heavy (non-hydrogen) atoms. The van der Waals surface area contributed by atoms with Gasteiger partial charge in [-0.05, 0) is 30.3 Å². The molecule has 0 saturated carbocycles. The van der Waals surface area contributed by atoms with Crippen LogP contribution < -0.4 is 5.32 Å². The van der Waals surface area contributed by atoms with Gasteiger partial charge in [-0.3, -0.25) is 4.79 Å². The smallest absolute Gasteiger partial charge is 0.244 e. The van der Waals surface area contributed by atoms with E-state index in [1.165, 1.54) is 37.4 Å². The summed E-state index contributed by atoms with van der Waals surface area (Å²) in [4.78, 5) is 15.5. The summed E-state index contributed by atoms with van der Waals surface area (Å²) in [5, 5.41) is 2.59. The van der Waals surface area contributed by atoms with E-state index in [4.69, 9.17) is 11.6 Å². The Kier molecular flexibility index (Phi) is 5.30. The van der Waals surface area contributed by atoms with Gasteiger partial charge in [0.05, 0.1) is 6.54 Å². The zero-order valence-electron chi connectivity index (χ0n) is 12.0. The van der Waals surface area contributed by atoms with E-state index < -0.39 is 28.3 Å². The molecular formula is C14H13ClFN3O3S. The van der Waals surface area contributed by atoms with Crippen molar-refractivity contribution in [1.29, 1.82) is 0 Å². The first-order valence-corrected chi connectivity index (χ1v) is 8.24. The Labute approximate surface area is 138 Å². The van der Waals surface area contributed by atoms with E-state index in [1.54, 1.807) is 0 Å². The van der Waals surface area contributed by atoms with Crippen molar-refractivity contribution in [3.8, 4) is 0 Å². The lowest BCUT2D eigenvalue weighted by Crippen LogP contribution is -2.35. The number of sulfonamides is 1. The highest BCUT2D eigenvalue weighted by Crippen LogP contribution is 2.15. The minimum atomic E-state index is -3.87.